The predicted octanol–water partition coefficient (Wildman–Crippen LogP) is 1.79. The van der Waals surface area contributed by atoms with E-state index in [2.05, 4.69) is 0 Å². The average Bonchev–Trinajstić information content (AvgIpc) is 2.48. The van der Waals surface area contributed by atoms with E-state index in [-0.39, 0.29) is 12.3 Å². The highest BCUT2D eigenvalue weighted by molar-refractivity contribution is 6.09. The maximum Gasteiger partial charge on any atom is 0.304 e. The summed E-state index contributed by atoms with van der Waals surface area (Å²) in [6.07, 6.45) is -0.167. The van der Waals surface area contributed by atoms with Gasteiger partial charge in [0, 0.05) is 12.2 Å². The summed E-state index contributed by atoms with van der Waals surface area (Å²) < 4.78 is 0. The van der Waals surface area contributed by atoms with Gasteiger partial charge in [-0.3, -0.25) is 9.59 Å². The van der Waals surface area contributed by atoms with E-state index in [0.717, 1.165) is 11.3 Å². The normalized spacial score (nSPS) is 22.7. The molecule has 4 heteroatoms. The number of fused-ring (bicyclic) bond motifs is 1. The first-order valence-electron chi connectivity index (χ1n) is 5.64. The van der Waals surface area contributed by atoms with E-state index in [1.165, 1.54) is 0 Å². The number of benzene rings is 1. The van der Waals surface area contributed by atoms with Gasteiger partial charge in [0.1, 0.15) is 0 Å². The Bertz CT molecular complexity index is 483. The summed E-state index contributed by atoms with van der Waals surface area (Å²) >= 11 is 0. The molecule has 2 rings (SSSR count). The molecule has 0 bridgehead atoms. The summed E-state index contributed by atoms with van der Waals surface area (Å²) in [7, 11) is 0. The van der Waals surface area contributed by atoms with E-state index in [9.17, 15) is 9.59 Å². The molecule has 0 saturated heterocycles. The zero-order valence-electron chi connectivity index (χ0n) is 9.93. The predicted molar refractivity (Wildman–Crippen MR) is 64.1 cm³/mol. The number of nitrogens with zero attached hydrogens (tertiary/aromatic N) is 1. The van der Waals surface area contributed by atoms with Crippen molar-refractivity contribution < 1.29 is 14.7 Å². The Kier molecular flexibility index (Phi) is 2.65. The SMILES string of the molecule is CCN1C(=O)[C@](C)(CC(=O)O)c2ccccc21. The minimum absolute atomic E-state index is 0.122. The number of aliphatic carboxylic acids is 1. The summed E-state index contributed by atoms with van der Waals surface area (Å²) in [5.74, 6) is -1.07. The molecule has 0 saturated carbocycles. The molecule has 4 nitrogen and oxygen atoms in total. The van der Waals surface area contributed by atoms with Crippen LogP contribution in [0.15, 0.2) is 24.3 Å². The number of carboxylic acids is 1. The lowest BCUT2D eigenvalue weighted by Crippen LogP contribution is -2.39. The third-order valence-electron chi connectivity index (χ3n) is 3.33. The molecule has 90 valence electrons. The zero-order chi connectivity index (χ0) is 12.6. The van der Waals surface area contributed by atoms with E-state index in [0.29, 0.717) is 6.54 Å². The van der Waals surface area contributed by atoms with Gasteiger partial charge in [0.25, 0.3) is 0 Å². The highest BCUT2D eigenvalue weighted by atomic mass is 16.4. The van der Waals surface area contributed by atoms with E-state index >= 15 is 0 Å². The van der Waals surface area contributed by atoms with Crippen molar-refractivity contribution in [3.63, 3.8) is 0 Å². The van der Waals surface area contributed by atoms with Crippen molar-refractivity contribution in [1.29, 1.82) is 0 Å². The molecule has 1 aromatic rings. The van der Waals surface area contributed by atoms with Gasteiger partial charge in [-0.05, 0) is 25.5 Å². The number of carbonyl (C=O) groups is 2. The minimum Gasteiger partial charge on any atom is -0.481 e. The van der Waals surface area contributed by atoms with Crippen LogP contribution in [0.25, 0.3) is 0 Å². The quantitative estimate of drug-likeness (QED) is 0.865. The van der Waals surface area contributed by atoms with Gasteiger partial charge in [-0.2, -0.15) is 0 Å². The molecule has 0 spiro atoms. The first-order valence-corrected chi connectivity index (χ1v) is 5.64. The third kappa shape index (κ3) is 1.60. The molecule has 0 radical (unpaired) electrons. The molecule has 1 aliphatic rings. The first-order chi connectivity index (χ1) is 8.00. The number of para-hydroxylation sites is 1. The van der Waals surface area contributed by atoms with Crippen molar-refractivity contribution in [2.45, 2.75) is 25.7 Å². The summed E-state index contributed by atoms with van der Waals surface area (Å²) in [5.41, 5.74) is 0.719. The van der Waals surface area contributed by atoms with Crippen molar-refractivity contribution in [1.82, 2.24) is 0 Å². The molecular weight excluding hydrogens is 218 g/mol. The van der Waals surface area contributed by atoms with Crippen LogP contribution >= 0.6 is 0 Å². The van der Waals surface area contributed by atoms with E-state index in [1.54, 1.807) is 11.8 Å². The molecule has 1 N–H and O–H groups in total. The first kappa shape index (κ1) is 11.6. The van der Waals surface area contributed by atoms with Gasteiger partial charge in [0.2, 0.25) is 5.91 Å². The molecule has 0 aromatic heterocycles. The van der Waals surface area contributed by atoms with Gasteiger partial charge in [0.15, 0.2) is 0 Å². The Morgan fingerprint density at radius 3 is 2.65 bits per heavy atom. The van der Waals surface area contributed by atoms with Crippen LogP contribution < -0.4 is 4.90 Å². The van der Waals surface area contributed by atoms with Crippen LogP contribution in [0.3, 0.4) is 0 Å². The minimum atomic E-state index is -0.950. The molecular formula is C13H15NO3. The molecule has 0 aliphatic carbocycles. The van der Waals surface area contributed by atoms with Crippen molar-refractivity contribution in [3.8, 4) is 0 Å². The van der Waals surface area contributed by atoms with Crippen molar-refractivity contribution in [2.75, 3.05) is 11.4 Å². The van der Waals surface area contributed by atoms with Gasteiger partial charge in [-0.15, -0.1) is 0 Å². The van der Waals surface area contributed by atoms with Crippen molar-refractivity contribution in [2.24, 2.45) is 0 Å². The number of rotatable bonds is 3. The summed E-state index contributed by atoms with van der Waals surface area (Å²) in [6.45, 7) is 4.16. The smallest absolute Gasteiger partial charge is 0.304 e. The Balaban J connectivity index is 2.55. The van der Waals surface area contributed by atoms with Gasteiger partial charge in [-0.25, -0.2) is 0 Å². The number of likely N-dealkylation sites (N-methyl/N-ethyl adjacent to an activating group) is 1. The fraction of sp³-hybridized carbons (Fsp3) is 0.385. The molecule has 0 fully saturated rings. The zero-order valence-corrected chi connectivity index (χ0v) is 9.93. The van der Waals surface area contributed by atoms with Gasteiger partial charge >= 0.3 is 5.97 Å². The standard InChI is InChI=1S/C13H15NO3/c1-3-14-10-7-5-4-6-9(10)13(2,12(14)17)8-11(15)16/h4-7H,3,8H2,1-2H3,(H,15,16)/t13-/m1/s1. The number of carboxylic acid groups (broad SMARTS) is 1. The van der Waals surface area contributed by atoms with Crippen LogP contribution in [0.4, 0.5) is 5.69 Å². The highest BCUT2D eigenvalue weighted by Gasteiger charge is 2.47. The van der Waals surface area contributed by atoms with Crippen LogP contribution in [-0.4, -0.2) is 23.5 Å². The van der Waals surface area contributed by atoms with Crippen molar-refractivity contribution in [3.05, 3.63) is 29.8 Å². The van der Waals surface area contributed by atoms with E-state index in [4.69, 9.17) is 5.11 Å². The maximum absolute atomic E-state index is 12.3. The van der Waals surface area contributed by atoms with Crippen LogP contribution in [0.1, 0.15) is 25.8 Å². The Hall–Kier alpha value is -1.84. The monoisotopic (exact) mass is 233 g/mol. The fourth-order valence-corrected chi connectivity index (χ4v) is 2.49. The maximum atomic E-state index is 12.3. The Morgan fingerprint density at radius 1 is 1.41 bits per heavy atom. The molecule has 1 aromatic carbocycles. The molecule has 1 amide bonds. The second-order valence-electron chi connectivity index (χ2n) is 4.47. The second-order valence-corrected chi connectivity index (χ2v) is 4.47. The number of hydrogen-bond acceptors (Lipinski definition) is 2. The number of amides is 1. The van der Waals surface area contributed by atoms with Gasteiger partial charge in [0.05, 0.1) is 11.8 Å². The molecule has 1 atom stereocenters. The largest absolute Gasteiger partial charge is 0.481 e. The number of hydrogen-bond donors (Lipinski definition) is 1. The van der Waals surface area contributed by atoms with Crippen LogP contribution in [0, 0.1) is 0 Å². The van der Waals surface area contributed by atoms with Crippen LogP contribution in [0.2, 0.25) is 0 Å². The third-order valence-corrected chi connectivity index (χ3v) is 3.33. The second kappa shape index (κ2) is 3.87. The van der Waals surface area contributed by atoms with Gasteiger partial charge in [-0.1, -0.05) is 18.2 Å². The lowest BCUT2D eigenvalue weighted by molar-refractivity contribution is -0.141. The van der Waals surface area contributed by atoms with E-state index < -0.39 is 11.4 Å². The van der Waals surface area contributed by atoms with E-state index in [1.807, 2.05) is 31.2 Å². The van der Waals surface area contributed by atoms with Crippen LogP contribution in [-0.2, 0) is 15.0 Å². The Labute approximate surface area is 99.9 Å². The number of anilines is 1. The summed E-state index contributed by atoms with van der Waals surface area (Å²) in [5, 5.41) is 8.97. The fourth-order valence-electron chi connectivity index (χ4n) is 2.49. The lowest BCUT2D eigenvalue weighted by Gasteiger charge is -2.21. The number of carbonyl (C=O) groups excluding carboxylic acids is 1. The van der Waals surface area contributed by atoms with Crippen molar-refractivity contribution >= 4 is 17.6 Å². The topological polar surface area (TPSA) is 57.6 Å². The lowest BCUT2D eigenvalue weighted by atomic mass is 9.81. The van der Waals surface area contributed by atoms with Crippen LogP contribution in [0.5, 0.6) is 0 Å². The van der Waals surface area contributed by atoms with Gasteiger partial charge < -0.3 is 10.0 Å². The summed E-state index contributed by atoms with van der Waals surface area (Å²) in [4.78, 5) is 24.9. The molecule has 1 heterocycles. The highest BCUT2D eigenvalue weighted by Crippen LogP contribution is 2.43. The summed E-state index contributed by atoms with van der Waals surface area (Å²) in [6, 6.07) is 7.41. The average molecular weight is 233 g/mol. The molecule has 17 heavy (non-hydrogen) atoms. The Morgan fingerprint density at radius 2 is 2.06 bits per heavy atom. The molecule has 0 unspecified atom stereocenters. The molecule has 1 aliphatic heterocycles.